The van der Waals surface area contributed by atoms with Crippen molar-refractivity contribution in [3.63, 3.8) is 0 Å². The molecule has 2 rings (SSSR count). The van der Waals surface area contributed by atoms with Crippen LogP contribution in [-0.4, -0.2) is 11.5 Å². The van der Waals surface area contributed by atoms with E-state index in [1.807, 2.05) is 6.20 Å². The molecule has 1 heterocycles. The van der Waals surface area contributed by atoms with Crippen molar-refractivity contribution < 1.29 is 0 Å². The van der Waals surface area contributed by atoms with Crippen molar-refractivity contribution >= 4 is 5.82 Å². The quantitative estimate of drug-likeness (QED) is 0.789. The molecule has 76 valence electrons. The fourth-order valence-electron chi connectivity index (χ4n) is 1.52. The number of pyridine rings is 1. The summed E-state index contributed by atoms with van der Waals surface area (Å²) in [6.45, 7) is 5.41. The lowest BCUT2D eigenvalue weighted by molar-refractivity contribution is 0.687. The average molecular weight is 190 g/mol. The number of rotatable bonds is 4. The SMILES string of the molecule is CC(C)CNc1cc(C2CC2)ccn1. The summed E-state index contributed by atoms with van der Waals surface area (Å²) >= 11 is 0. The molecule has 0 atom stereocenters. The Balaban J connectivity index is 1.99. The second-order valence-corrected chi connectivity index (χ2v) is 4.52. The van der Waals surface area contributed by atoms with Crippen molar-refractivity contribution in [3.05, 3.63) is 23.9 Å². The molecule has 0 radical (unpaired) electrons. The maximum Gasteiger partial charge on any atom is 0.126 e. The third-order valence-corrected chi connectivity index (χ3v) is 2.52. The van der Waals surface area contributed by atoms with Crippen LogP contribution in [0, 0.1) is 5.92 Å². The van der Waals surface area contributed by atoms with Gasteiger partial charge in [0.05, 0.1) is 0 Å². The predicted molar refractivity (Wildman–Crippen MR) is 59.5 cm³/mol. The highest BCUT2D eigenvalue weighted by molar-refractivity contribution is 5.39. The van der Waals surface area contributed by atoms with Crippen molar-refractivity contribution in [3.8, 4) is 0 Å². The number of aromatic nitrogens is 1. The predicted octanol–water partition coefficient (Wildman–Crippen LogP) is 3.03. The molecule has 1 aromatic heterocycles. The third kappa shape index (κ3) is 2.47. The first-order valence-electron chi connectivity index (χ1n) is 5.45. The number of nitrogens with zero attached hydrogens (tertiary/aromatic N) is 1. The van der Waals surface area contributed by atoms with Crippen LogP contribution in [0.15, 0.2) is 18.3 Å². The van der Waals surface area contributed by atoms with Gasteiger partial charge in [0.15, 0.2) is 0 Å². The van der Waals surface area contributed by atoms with E-state index < -0.39 is 0 Å². The van der Waals surface area contributed by atoms with Gasteiger partial charge in [-0.3, -0.25) is 0 Å². The smallest absolute Gasteiger partial charge is 0.126 e. The molecule has 0 amide bonds. The zero-order valence-electron chi connectivity index (χ0n) is 8.96. The van der Waals surface area contributed by atoms with Gasteiger partial charge < -0.3 is 5.32 Å². The van der Waals surface area contributed by atoms with Gasteiger partial charge in [0.2, 0.25) is 0 Å². The molecule has 1 aliphatic rings. The second kappa shape index (κ2) is 3.99. The highest BCUT2D eigenvalue weighted by Gasteiger charge is 2.23. The fourth-order valence-corrected chi connectivity index (χ4v) is 1.52. The maximum atomic E-state index is 4.31. The van der Waals surface area contributed by atoms with Gasteiger partial charge in [-0.15, -0.1) is 0 Å². The standard InChI is InChI=1S/C12H18N2/c1-9(2)8-14-12-7-11(5-6-13-12)10-3-4-10/h5-7,9-10H,3-4,8H2,1-2H3,(H,13,14). The molecular formula is C12H18N2. The summed E-state index contributed by atoms with van der Waals surface area (Å²) in [6, 6.07) is 4.33. The molecular weight excluding hydrogens is 172 g/mol. The molecule has 1 aromatic rings. The van der Waals surface area contributed by atoms with Crippen LogP contribution in [0.2, 0.25) is 0 Å². The Labute approximate surface area is 85.7 Å². The van der Waals surface area contributed by atoms with Gasteiger partial charge in [-0.25, -0.2) is 4.98 Å². The minimum absolute atomic E-state index is 0.668. The molecule has 1 saturated carbocycles. The molecule has 1 N–H and O–H groups in total. The van der Waals surface area contributed by atoms with E-state index in [0.29, 0.717) is 5.92 Å². The summed E-state index contributed by atoms with van der Waals surface area (Å²) in [7, 11) is 0. The van der Waals surface area contributed by atoms with E-state index in [-0.39, 0.29) is 0 Å². The summed E-state index contributed by atoms with van der Waals surface area (Å²) in [5.74, 6) is 2.52. The average Bonchev–Trinajstić information content (AvgIpc) is 2.98. The van der Waals surface area contributed by atoms with Gasteiger partial charge in [0.1, 0.15) is 5.82 Å². The molecule has 2 nitrogen and oxygen atoms in total. The van der Waals surface area contributed by atoms with Crippen molar-refractivity contribution in [1.82, 2.24) is 4.98 Å². The normalized spacial score (nSPS) is 15.9. The van der Waals surface area contributed by atoms with E-state index in [2.05, 4.69) is 36.3 Å². The molecule has 0 saturated heterocycles. The van der Waals surface area contributed by atoms with E-state index in [9.17, 15) is 0 Å². The summed E-state index contributed by atoms with van der Waals surface area (Å²) < 4.78 is 0. The van der Waals surface area contributed by atoms with Crippen molar-refractivity contribution in [2.45, 2.75) is 32.6 Å². The van der Waals surface area contributed by atoms with E-state index in [1.165, 1.54) is 18.4 Å². The molecule has 0 aromatic carbocycles. The minimum atomic E-state index is 0.668. The number of hydrogen-bond donors (Lipinski definition) is 1. The summed E-state index contributed by atoms with van der Waals surface area (Å²) in [5, 5.41) is 3.36. The van der Waals surface area contributed by atoms with E-state index in [0.717, 1.165) is 18.3 Å². The molecule has 1 fully saturated rings. The Bertz CT molecular complexity index is 303. The van der Waals surface area contributed by atoms with Crippen molar-refractivity contribution in [2.75, 3.05) is 11.9 Å². The van der Waals surface area contributed by atoms with Crippen LogP contribution in [0.5, 0.6) is 0 Å². The third-order valence-electron chi connectivity index (χ3n) is 2.52. The van der Waals surface area contributed by atoms with Crippen LogP contribution in [-0.2, 0) is 0 Å². The van der Waals surface area contributed by atoms with Crippen LogP contribution in [0.3, 0.4) is 0 Å². The largest absolute Gasteiger partial charge is 0.370 e. The maximum absolute atomic E-state index is 4.31. The van der Waals surface area contributed by atoms with Crippen LogP contribution < -0.4 is 5.32 Å². The van der Waals surface area contributed by atoms with Crippen LogP contribution >= 0.6 is 0 Å². The first kappa shape index (κ1) is 9.50. The summed E-state index contributed by atoms with van der Waals surface area (Å²) in [5.41, 5.74) is 1.45. The monoisotopic (exact) mass is 190 g/mol. The lowest BCUT2D eigenvalue weighted by atomic mass is 10.1. The highest BCUT2D eigenvalue weighted by atomic mass is 15.0. The van der Waals surface area contributed by atoms with Gasteiger partial charge >= 0.3 is 0 Å². The van der Waals surface area contributed by atoms with Gasteiger partial charge in [0.25, 0.3) is 0 Å². The highest BCUT2D eigenvalue weighted by Crippen LogP contribution is 2.40. The summed E-state index contributed by atoms with van der Waals surface area (Å²) in [4.78, 5) is 4.31. The first-order chi connectivity index (χ1) is 6.75. The van der Waals surface area contributed by atoms with Crippen LogP contribution in [0.1, 0.15) is 38.2 Å². The molecule has 0 aliphatic heterocycles. The number of nitrogens with one attached hydrogen (secondary N) is 1. The molecule has 1 aliphatic carbocycles. The van der Waals surface area contributed by atoms with E-state index in [1.54, 1.807) is 0 Å². The Morgan fingerprint density at radius 2 is 2.29 bits per heavy atom. The van der Waals surface area contributed by atoms with E-state index in [4.69, 9.17) is 0 Å². The zero-order valence-corrected chi connectivity index (χ0v) is 8.96. The first-order valence-corrected chi connectivity index (χ1v) is 5.45. The molecule has 14 heavy (non-hydrogen) atoms. The van der Waals surface area contributed by atoms with Crippen LogP contribution in [0.25, 0.3) is 0 Å². The topological polar surface area (TPSA) is 24.9 Å². The molecule has 2 heteroatoms. The fraction of sp³-hybridized carbons (Fsp3) is 0.583. The Morgan fingerprint density at radius 3 is 2.93 bits per heavy atom. The minimum Gasteiger partial charge on any atom is -0.370 e. The molecule has 0 bridgehead atoms. The summed E-state index contributed by atoms with van der Waals surface area (Å²) in [6.07, 6.45) is 4.62. The number of anilines is 1. The second-order valence-electron chi connectivity index (χ2n) is 4.52. The van der Waals surface area contributed by atoms with Gasteiger partial charge in [-0.05, 0) is 42.4 Å². The lowest BCUT2D eigenvalue weighted by Gasteiger charge is -2.08. The Morgan fingerprint density at radius 1 is 1.50 bits per heavy atom. The van der Waals surface area contributed by atoms with Crippen molar-refractivity contribution in [1.29, 1.82) is 0 Å². The number of hydrogen-bond acceptors (Lipinski definition) is 2. The zero-order chi connectivity index (χ0) is 9.97. The Hall–Kier alpha value is -1.05. The Kier molecular flexibility index (Phi) is 2.71. The van der Waals surface area contributed by atoms with Crippen LogP contribution in [0.4, 0.5) is 5.82 Å². The molecule has 0 spiro atoms. The van der Waals surface area contributed by atoms with Gasteiger partial charge in [-0.1, -0.05) is 13.8 Å². The van der Waals surface area contributed by atoms with Gasteiger partial charge in [-0.2, -0.15) is 0 Å². The van der Waals surface area contributed by atoms with E-state index >= 15 is 0 Å². The lowest BCUT2D eigenvalue weighted by Crippen LogP contribution is -2.09. The van der Waals surface area contributed by atoms with Crippen molar-refractivity contribution in [2.24, 2.45) is 5.92 Å². The van der Waals surface area contributed by atoms with Gasteiger partial charge in [0, 0.05) is 12.7 Å². The molecule has 0 unspecified atom stereocenters.